The van der Waals surface area contributed by atoms with E-state index in [1.807, 2.05) is 0 Å². The lowest BCUT2D eigenvalue weighted by molar-refractivity contribution is 0.101. The highest BCUT2D eigenvalue weighted by Crippen LogP contribution is 2.15. The lowest BCUT2D eigenvalue weighted by Gasteiger charge is -1.97. The molecular formula is C9H7BrO2. The summed E-state index contributed by atoms with van der Waals surface area (Å²) < 4.78 is 0.748. The monoisotopic (exact) mass is 226 g/mol. The quantitative estimate of drug-likeness (QED) is 0.574. The van der Waals surface area contributed by atoms with Gasteiger partial charge in [-0.25, -0.2) is 0 Å². The fourth-order valence-electron chi connectivity index (χ4n) is 0.884. The van der Waals surface area contributed by atoms with Crippen molar-refractivity contribution < 1.29 is 9.59 Å². The number of ketones is 1. The SMILES string of the molecule is CC(=O)c1cc(Br)cc(C=O)c1. The second-order valence-electron chi connectivity index (χ2n) is 2.45. The zero-order chi connectivity index (χ0) is 9.14. The molecule has 0 heterocycles. The van der Waals surface area contributed by atoms with Crippen LogP contribution in [0.5, 0.6) is 0 Å². The number of aldehydes is 1. The van der Waals surface area contributed by atoms with Crippen molar-refractivity contribution in [2.24, 2.45) is 0 Å². The van der Waals surface area contributed by atoms with Crippen molar-refractivity contribution in [3.63, 3.8) is 0 Å². The molecule has 0 radical (unpaired) electrons. The maximum atomic E-state index is 10.9. The van der Waals surface area contributed by atoms with Crippen molar-refractivity contribution in [2.75, 3.05) is 0 Å². The lowest BCUT2D eigenvalue weighted by atomic mass is 10.1. The number of Topliss-reactive ketones (excluding diaryl/α,β-unsaturated/α-hetero) is 1. The molecule has 0 aromatic heterocycles. The lowest BCUT2D eigenvalue weighted by Crippen LogP contribution is -1.93. The van der Waals surface area contributed by atoms with Crippen LogP contribution < -0.4 is 0 Å². The van der Waals surface area contributed by atoms with Crippen molar-refractivity contribution in [1.82, 2.24) is 0 Å². The van der Waals surface area contributed by atoms with Gasteiger partial charge in [0.2, 0.25) is 0 Å². The number of halogens is 1. The molecule has 0 bridgehead atoms. The van der Waals surface area contributed by atoms with Gasteiger partial charge in [0.1, 0.15) is 6.29 Å². The molecule has 0 N–H and O–H groups in total. The second kappa shape index (κ2) is 3.63. The van der Waals surface area contributed by atoms with E-state index in [1.54, 1.807) is 18.2 Å². The molecule has 0 saturated carbocycles. The van der Waals surface area contributed by atoms with Gasteiger partial charge < -0.3 is 0 Å². The Labute approximate surface area is 78.7 Å². The molecule has 62 valence electrons. The summed E-state index contributed by atoms with van der Waals surface area (Å²) in [5.41, 5.74) is 1.06. The Morgan fingerprint density at radius 2 is 2.08 bits per heavy atom. The van der Waals surface area contributed by atoms with Crippen LogP contribution in [-0.4, -0.2) is 12.1 Å². The number of hydrogen-bond donors (Lipinski definition) is 0. The van der Waals surface area contributed by atoms with Gasteiger partial charge in [0.15, 0.2) is 5.78 Å². The standard InChI is InChI=1S/C9H7BrO2/c1-6(12)8-2-7(5-11)3-9(10)4-8/h2-5H,1H3. The smallest absolute Gasteiger partial charge is 0.159 e. The van der Waals surface area contributed by atoms with Crippen LogP contribution in [0, 0.1) is 0 Å². The molecule has 0 saturated heterocycles. The van der Waals surface area contributed by atoms with Gasteiger partial charge >= 0.3 is 0 Å². The molecule has 0 fully saturated rings. The molecule has 0 aliphatic rings. The Balaban J connectivity index is 3.23. The van der Waals surface area contributed by atoms with Gasteiger partial charge in [-0.1, -0.05) is 15.9 Å². The van der Waals surface area contributed by atoms with E-state index in [4.69, 9.17) is 0 Å². The molecule has 0 unspecified atom stereocenters. The molecule has 0 aliphatic heterocycles. The van der Waals surface area contributed by atoms with Crippen molar-refractivity contribution in [2.45, 2.75) is 6.92 Å². The minimum Gasteiger partial charge on any atom is -0.298 e. The van der Waals surface area contributed by atoms with E-state index in [1.165, 1.54) is 6.92 Å². The second-order valence-corrected chi connectivity index (χ2v) is 3.36. The predicted molar refractivity (Wildman–Crippen MR) is 49.5 cm³/mol. The third kappa shape index (κ3) is 2.01. The highest BCUT2D eigenvalue weighted by Gasteiger charge is 2.02. The summed E-state index contributed by atoms with van der Waals surface area (Å²) in [7, 11) is 0. The molecule has 1 aromatic carbocycles. The van der Waals surface area contributed by atoms with Gasteiger partial charge in [0.05, 0.1) is 0 Å². The highest BCUT2D eigenvalue weighted by atomic mass is 79.9. The van der Waals surface area contributed by atoms with Gasteiger partial charge in [-0.3, -0.25) is 9.59 Å². The van der Waals surface area contributed by atoms with Crippen molar-refractivity contribution in [3.8, 4) is 0 Å². The normalized spacial score (nSPS) is 9.50. The Hall–Kier alpha value is -0.960. The van der Waals surface area contributed by atoms with Gasteiger partial charge in [0.25, 0.3) is 0 Å². The fraction of sp³-hybridized carbons (Fsp3) is 0.111. The molecule has 0 spiro atoms. The van der Waals surface area contributed by atoms with Gasteiger partial charge in [-0.05, 0) is 25.1 Å². The first-order chi connectivity index (χ1) is 5.63. The molecular weight excluding hydrogens is 220 g/mol. The minimum absolute atomic E-state index is 0.0422. The van der Waals surface area contributed by atoms with E-state index in [-0.39, 0.29) is 5.78 Å². The van der Waals surface area contributed by atoms with Gasteiger partial charge in [-0.2, -0.15) is 0 Å². The van der Waals surface area contributed by atoms with Crippen molar-refractivity contribution in [1.29, 1.82) is 0 Å². The summed E-state index contributed by atoms with van der Waals surface area (Å²) in [4.78, 5) is 21.3. The Bertz CT molecular complexity index is 331. The average Bonchev–Trinajstić information content (AvgIpc) is 2.03. The molecule has 1 rings (SSSR count). The van der Waals surface area contributed by atoms with Crippen LogP contribution in [0.4, 0.5) is 0 Å². The van der Waals surface area contributed by atoms with Crippen LogP contribution in [0.2, 0.25) is 0 Å². The number of carbonyl (C=O) groups excluding carboxylic acids is 2. The predicted octanol–water partition coefficient (Wildman–Crippen LogP) is 2.46. The third-order valence-electron chi connectivity index (χ3n) is 1.46. The summed E-state index contributed by atoms with van der Waals surface area (Å²) in [6, 6.07) is 4.93. The summed E-state index contributed by atoms with van der Waals surface area (Å²) in [6.45, 7) is 1.47. The van der Waals surface area contributed by atoms with Crippen LogP contribution in [-0.2, 0) is 0 Å². The Kier molecular flexibility index (Phi) is 2.76. The summed E-state index contributed by atoms with van der Waals surface area (Å²) >= 11 is 3.21. The van der Waals surface area contributed by atoms with Crippen LogP contribution in [0.15, 0.2) is 22.7 Å². The van der Waals surface area contributed by atoms with Crippen molar-refractivity contribution in [3.05, 3.63) is 33.8 Å². The largest absolute Gasteiger partial charge is 0.298 e. The van der Waals surface area contributed by atoms with Crippen LogP contribution in [0.3, 0.4) is 0 Å². The minimum atomic E-state index is -0.0422. The van der Waals surface area contributed by atoms with E-state index >= 15 is 0 Å². The third-order valence-corrected chi connectivity index (χ3v) is 1.92. The number of hydrogen-bond acceptors (Lipinski definition) is 2. The molecule has 12 heavy (non-hydrogen) atoms. The van der Waals surface area contributed by atoms with Crippen molar-refractivity contribution >= 4 is 28.0 Å². The first-order valence-corrected chi connectivity index (χ1v) is 4.19. The van der Waals surface area contributed by atoms with E-state index in [9.17, 15) is 9.59 Å². The number of rotatable bonds is 2. The first-order valence-electron chi connectivity index (χ1n) is 3.40. The van der Waals surface area contributed by atoms with Gasteiger partial charge in [-0.15, -0.1) is 0 Å². The zero-order valence-electron chi connectivity index (χ0n) is 6.50. The molecule has 0 atom stereocenters. The molecule has 0 aliphatic carbocycles. The van der Waals surface area contributed by atoms with E-state index in [0.717, 1.165) is 10.8 Å². The molecule has 0 amide bonds. The maximum absolute atomic E-state index is 10.9. The molecule has 2 nitrogen and oxygen atoms in total. The summed E-state index contributed by atoms with van der Waals surface area (Å²) in [5, 5.41) is 0. The van der Waals surface area contributed by atoms with Crippen LogP contribution >= 0.6 is 15.9 Å². The maximum Gasteiger partial charge on any atom is 0.159 e. The molecule has 1 aromatic rings. The van der Waals surface area contributed by atoms with E-state index in [2.05, 4.69) is 15.9 Å². The molecule has 3 heteroatoms. The Morgan fingerprint density at radius 3 is 2.58 bits per heavy atom. The highest BCUT2D eigenvalue weighted by molar-refractivity contribution is 9.10. The number of benzene rings is 1. The Morgan fingerprint density at radius 1 is 1.42 bits per heavy atom. The summed E-state index contributed by atoms with van der Waals surface area (Å²) in [5.74, 6) is -0.0422. The topological polar surface area (TPSA) is 34.1 Å². The fourth-order valence-corrected chi connectivity index (χ4v) is 1.39. The van der Waals surface area contributed by atoms with E-state index < -0.39 is 0 Å². The van der Waals surface area contributed by atoms with E-state index in [0.29, 0.717) is 11.1 Å². The number of carbonyl (C=O) groups is 2. The zero-order valence-corrected chi connectivity index (χ0v) is 8.09. The summed E-state index contributed by atoms with van der Waals surface area (Å²) in [6.07, 6.45) is 0.719. The van der Waals surface area contributed by atoms with Crippen LogP contribution in [0.1, 0.15) is 27.6 Å². The van der Waals surface area contributed by atoms with Gasteiger partial charge in [0, 0.05) is 15.6 Å². The average molecular weight is 227 g/mol. The first kappa shape index (κ1) is 9.13. The van der Waals surface area contributed by atoms with Crippen LogP contribution in [0.25, 0.3) is 0 Å².